The first kappa shape index (κ1) is 16.5. The summed E-state index contributed by atoms with van der Waals surface area (Å²) < 4.78 is 22.0. The van der Waals surface area contributed by atoms with Crippen molar-refractivity contribution in [2.45, 2.75) is 20.8 Å². The lowest BCUT2D eigenvalue weighted by Gasteiger charge is -2.11. The normalized spacial score (nSPS) is 10.0. The summed E-state index contributed by atoms with van der Waals surface area (Å²) >= 11 is 0. The molecule has 0 bridgehead atoms. The molecule has 0 unspecified atom stereocenters. The maximum Gasteiger partial charge on any atom is 0.207 e. The van der Waals surface area contributed by atoms with Crippen LogP contribution in [0.1, 0.15) is 19.6 Å². The molecule has 120 valence electrons. The third kappa shape index (κ3) is 2.76. The Morgan fingerprint density at radius 3 is 2.65 bits per heavy atom. The molecule has 23 heavy (non-hydrogen) atoms. The number of fused-ring (bicyclic) bond motifs is 2. The summed E-state index contributed by atoms with van der Waals surface area (Å²) in [5, 5.41) is 0.942. The van der Waals surface area contributed by atoms with E-state index in [1.54, 1.807) is 13.0 Å². The second-order valence-electron chi connectivity index (χ2n) is 4.44. The Balaban J connectivity index is 0.000000924. The van der Waals surface area contributed by atoms with Crippen LogP contribution in [0.15, 0.2) is 32.0 Å². The summed E-state index contributed by atoms with van der Waals surface area (Å²) in [6, 6.07) is 3.11. The minimum atomic E-state index is -0.209. The van der Waals surface area contributed by atoms with Crippen molar-refractivity contribution in [2.75, 3.05) is 13.7 Å². The third-order valence-corrected chi connectivity index (χ3v) is 3.12. The smallest absolute Gasteiger partial charge is 0.207 e. The van der Waals surface area contributed by atoms with E-state index >= 15 is 0 Å². The first-order valence-electron chi connectivity index (χ1n) is 7.25. The first-order valence-corrected chi connectivity index (χ1v) is 7.25. The van der Waals surface area contributed by atoms with E-state index in [0.29, 0.717) is 33.6 Å². The van der Waals surface area contributed by atoms with Gasteiger partial charge in [0.25, 0.3) is 0 Å². The van der Waals surface area contributed by atoms with Gasteiger partial charge >= 0.3 is 0 Å². The minimum absolute atomic E-state index is 0.0366. The van der Waals surface area contributed by atoms with Gasteiger partial charge in [0.1, 0.15) is 23.5 Å². The highest BCUT2D eigenvalue weighted by Crippen LogP contribution is 2.42. The van der Waals surface area contributed by atoms with Crippen LogP contribution in [-0.2, 0) is 0 Å². The van der Waals surface area contributed by atoms with Gasteiger partial charge in [-0.15, -0.1) is 6.42 Å². The van der Waals surface area contributed by atoms with Gasteiger partial charge < -0.3 is 18.3 Å². The number of hydrogen-bond acceptors (Lipinski definition) is 5. The summed E-state index contributed by atoms with van der Waals surface area (Å²) in [4.78, 5) is 12.3. The third-order valence-electron chi connectivity index (χ3n) is 3.12. The van der Waals surface area contributed by atoms with E-state index in [0.717, 1.165) is 0 Å². The molecule has 0 aliphatic rings. The molecule has 0 amide bonds. The number of rotatable bonds is 3. The van der Waals surface area contributed by atoms with Crippen LogP contribution >= 0.6 is 0 Å². The molecule has 5 heteroatoms. The Morgan fingerprint density at radius 2 is 2.00 bits per heavy atom. The number of furan rings is 1. The SMILES string of the molecule is C#CCOc1c2occc2c(OC)c2c(=O)cc(C)oc12.CC. The summed E-state index contributed by atoms with van der Waals surface area (Å²) in [7, 11) is 1.49. The van der Waals surface area contributed by atoms with Gasteiger partial charge in [0, 0.05) is 6.07 Å². The lowest BCUT2D eigenvalue weighted by Crippen LogP contribution is -2.05. The second kappa shape index (κ2) is 6.93. The van der Waals surface area contributed by atoms with E-state index < -0.39 is 0 Å². The van der Waals surface area contributed by atoms with Crippen LogP contribution in [0.25, 0.3) is 21.9 Å². The molecule has 2 aromatic heterocycles. The van der Waals surface area contributed by atoms with Gasteiger partial charge in [-0.05, 0) is 13.0 Å². The number of methoxy groups -OCH3 is 1. The van der Waals surface area contributed by atoms with Gasteiger partial charge in [0.2, 0.25) is 5.75 Å². The van der Waals surface area contributed by atoms with Crippen molar-refractivity contribution >= 4 is 21.9 Å². The average molecular weight is 314 g/mol. The van der Waals surface area contributed by atoms with Crippen LogP contribution in [-0.4, -0.2) is 13.7 Å². The minimum Gasteiger partial charge on any atom is -0.495 e. The van der Waals surface area contributed by atoms with Gasteiger partial charge in [-0.1, -0.05) is 19.8 Å². The molecule has 5 nitrogen and oxygen atoms in total. The molecule has 0 N–H and O–H groups in total. The summed E-state index contributed by atoms with van der Waals surface area (Å²) in [6.45, 7) is 5.72. The predicted octanol–water partition coefficient (Wildman–Crippen LogP) is 3.89. The maximum absolute atomic E-state index is 12.3. The Morgan fingerprint density at radius 1 is 1.26 bits per heavy atom. The Bertz CT molecular complexity index is 924. The molecule has 0 saturated carbocycles. The van der Waals surface area contributed by atoms with Crippen LogP contribution in [0, 0.1) is 19.3 Å². The number of aryl methyl sites for hydroxylation is 1. The molecule has 0 saturated heterocycles. The van der Waals surface area contributed by atoms with Crippen LogP contribution in [0.3, 0.4) is 0 Å². The summed E-state index contributed by atoms with van der Waals surface area (Å²) in [6.07, 6.45) is 6.73. The molecule has 0 fully saturated rings. The molecule has 3 aromatic rings. The fourth-order valence-electron chi connectivity index (χ4n) is 2.34. The van der Waals surface area contributed by atoms with Gasteiger partial charge in [0.05, 0.1) is 18.8 Å². The Labute approximate surface area is 133 Å². The predicted molar refractivity (Wildman–Crippen MR) is 89.2 cm³/mol. The quantitative estimate of drug-likeness (QED) is 0.686. The van der Waals surface area contributed by atoms with Gasteiger partial charge in [-0.2, -0.15) is 0 Å². The van der Waals surface area contributed by atoms with Crippen molar-refractivity contribution in [3.63, 3.8) is 0 Å². The van der Waals surface area contributed by atoms with Gasteiger partial charge in [-0.3, -0.25) is 4.79 Å². The van der Waals surface area contributed by atoms with E-state index in [2.05, 4.69) is 5.92 Å². The highest BCUT2D eigenvalue weighted by molar-refractivity contribution is 6.06. The summed E-state index contributed by atoms with van der Waals surface area (Å²) in [5.41, 5.74) is 0.497. The van der Waals surface area contributed by atoms with Crippen molar-refractivity contribution in [3.05, 3.63) is 34.4 Å². The van der Waals surface area contributed by atoms with Crippen LogP contribution in [0.2, 0.25) is 0 Å². The van der Waals surface area contributed by atoms with Crippen LogP contribution in [0.5, 0.6) is 11.5 Å². The topological polar surface area (TPSA) is 61.8 Å². The number of ether oxygens (including phenoxy) is 2. The lowest BCUT2D eigenvalue weighted by molar-refractivity contribution is 0.362. The monoisotopic (exact) mass is 314 g/mol. The Hall–Kier alpha value is -2.87. The van der Waals surface area contributed by atoms with Crippen molar-refractivity contribution in [1.82, 2.24) is 0 Å². The van der Waals surface area contributed by atoms with Crippen molar-refractivity contribution < 1.29 is 18.3 Å². The van der Waals surface area contributed by atoms with Crippen molar-refractivity contribution in [2.24, 2.45) is 0 Å². The van der Waals surface area contributed by atoms with Gasteiger partial charge in [0.15, 0.2) is 16.6 Å². The van der Waals surface area contributed by atoms with E-state index in [1.807, 2.05) is 13.8 Å². The molecular formula is C18H18O5. The molecule has 1 aromatic carbocycles. The zero-order chi connectivity index (χ0) is 17.0. The molecule has 3 rings (SSSR count). The van der Waals surface area contributed by atoms with E-state index in [9.17, 15) is 4.79 Å². The maximum atomic E-state index is 12.3. The van der Waals surface area contributed by atoms with E-state index in [-0.39, 0.29) is 17.6 Å². The fourth-order valence-corrected chi connectivity index (χ4v) is 2.34. The van der Waals surface area contributed by atoms with Crippen molar-refractivity contribution in [3.8, 4) is 23.8 Å². The molecular weight excluding hydrogens is 296 g/mol. The first-order chi connectivity index (χ1) is 11.2. The largest absolute Gasteiger partial charge is 0.495 e. The molecule has 0 aliphatic heterocycles. The van der Waals surface area contributed by atoms with Crippen molar-refractivity contribution in [1.29, 1.82) is 0 Å². The van der Waals surface area contributed by atoms with E-state index in [4.69, 9.17) is 24.7 Å². The number of hydrogen-bond donors (Lipinski definition) is 0. The zero-order valence-corrected chi connectivity index (χ0v) is 13.6. The highest BCUT2D eigenvalue weighted by Gasteiger charge is 2.22. The Kier molecular flexibility index (Phi) is 4.97. The fraction of sp³-hybridized carbons (Fsp3) is 0.278. The highest BCUT2D eigenvalue weighted by atomic mass is 16.5. The van der Waals surface area contributed by atoms with Gasteiger partial charge in [-0.25, -0.2) is 0 Å². The molecule has 0 radical (unpaired) electrons. The van der Waals surface area contributed by atoms with E-state index in [1.165, 1.54) is 19.4 Å². The zero-order valence-electron chi connectivity index (χ0n) is 13.6. The number of terminal acetylenes is 1. The van der Waals surface area contributed by atoms with Crippen LogP contribution in [0.4, 0.5) is 0 Å². The molecule has 2 heterocycles. The van der Waals surface area contributed by atoms with Crippen LogP contribution < -0.4 is 14.9 Å². The molecule has 0 spiro atoms. The second-order valence-corrected chi connectivity index (χ2v) is 4.44. The molecule has 0 aliphatic carbocycles. The standard InChI is InChI=1S/C16H12O5.C2H6/c1-4-6-19-16-14-10(5-7-20-14)13(18-3)12-11(17)8-9(2)21-15(12)16;1-2/h1,5,7-8H,6H2,2-3H3;1-2H3. The lowest BCUT2D eigenvalue weighted by atomic mass is 10.1. The molecule has 0 atom stereocenters. The average Bonchev–Trinajstić information content (AvgIpc) is 3.03. The number of benzene rings is 1. The summed E-state index contributed by atoms with van der Waals surface area (Å²) in [5.74, 6) is 3.55.